The highest BCUT2D eigenvalue weighted by Crippen LogP contribution is 1.95. The summed E-state index contributed by atoms with van der Waals surface area (Å²) in [7, 11) is 1.53. The van der Waals surface area contributed by atoms with E-state index >= 15 is 0 Å². The molecule has 0 rings (SSSR count). The van der Waals surface area contributed by atoms with E-state index in [1.54, 1.807) is 13.8 Å². The van der Waals surface area contributed by atoms with E-state index in [2.05, 4.69) is 0 Å². The molecule has 6 nitrogen and oxygen atoms in total. The van der Waals surface area contributed by atoms with Crippen molar-refractivity contribution >= 4 is 11.9 Å². The molecule has 16 heavy (non-hydrogen) atoms. The fourth-order valence-electron chi connectivity index (χ4n) is 1.12. The Hall–Kier alpha value is -1.14. The summed E-state index contributed by atoms with van der Waals surface area (Å²) in [6.07, 6.45) is 0. The van der Waals surface area contributed by atoms with Crippen molar-refractivity contribution in [3.05, 3.63) is 0 Å². The molecular formula is C10H20N2O4. The van der Waals surface area contributed by atoms with Crippen LogP contribution >= 0.6 is 0 Å². The third kappa shape index (κ3) is 5.67. The van der Waals surface area contributed by atoms with E-state index < -0.39 is 12.0 Å². The molecule has 0 aliphatic heterocycles. The predicted molar refractivity (Wildman–Crippen MR) is 58.7 cm³/mol. The average Bonchev–Trinajstić information content (AvgIpc) is 2.23. The van der Waals surface area contributed by atoms with E-state index in [9.17, 15) is 9.59 Å². The molecule has 0 aromatic rings. The molecule has 94 valence electrons. The zero-order valence-corrected chi connectivity index (χ0v) is 10.1. The Morgan fingerprint density at radius 1 is 1.44 bits per heavy atom. The minimum atomic E-state index is -0.633. The number of hydrogen-bond acceptors (Lipinski definition) is 5. The quantitative estimate of drug-likeness (QED) is 0.591. The molecule has 6 heteroatoms. The van der Waals surface area contributed by atoms with Gasteiger partial charge in [-0.3, -0.25) is 9.59 Å². The van der Waals surface area contributed by atoms with Gasteiger partial charge in [0.15, 0.2) is 0 Å². The number of amides is 1. The summed E-state index contributed by atoms with van der Waals surface area (Å²) in [5, 5.41) is 0. The van der Waals surface area contributed by atoms with Gasteiger partial charge in [-0.15, -0.1) is 0 Å². The van der Waals surface area contributed by atoms with Gasteiger partial charge in [0.1, 0.15) is 6.54 Å². The van der Waals surface area contributed by atoms with E-state index in [1.165, 1.54) is 12.0 Å². The predicted octanol–water partition coefficient (Wildman–Crippen LogP) is -0.628. The van der Waals surface area contributed by atoms with Gasteiger partial charge in [-0.05, 0) is 13.8 Å². The van der Waals surface area contributed by atoms with Crippen LogP contribution < -0.4 is 5.73 Å². The second-order valence-electron chi connectivity index (χ2n) is 3.35. The van der Waals surface area contributed by atoms with Gasteiger partial charge in [0, 0.05) is 13.7 Å². The molecule has 1 amide bonds. The number of rotatable bonds is 7. The molecule has 0 saturated carbocycles. The second-order valence-corrected chi connectivity index (χ2v) is 3.35. The lowest BCUT2D eigenvalue weighted by molar-refractivity contribution is -0.149. The first kappa shape index (κ1) is 14.9. The zero-order chi connectivity index (χ0) is 12.6. The van der Waals surface area contributed by atoms with Crippen LogP contribution in [0.25, 0.3) is 0 Å². The van der Waals surface area contributed by atoms with Crippen molar-refractivity contribution in [3.8, 4) is 0 Å². The van der Waals surface area contributed by atoms with Crippen molar-refractivity contribution in [2.45, 2.75) is 19.9 Å². The van der Waals surface area contributed by atoms with Crippen LogP contribution in [0.2, 0.25) is 0 Å². The summed E-state index contributed by atoms with van der Waals surface area (Å²) in [4.78, 5) is 24.2. The SMILES string of the molecule is CCOC(=O)CN(CCOC)C(=O)[C@H](C)N. The zero-order valence-electron chi connectivity index (χ0n) is 10.1. The molecule has 0 fully saturated rings. The maximum absolute atomic E-state index is 11.6. The molecule has 0 aromatic carbocycles. The fourth-order valence-corrected chi connectivity index (χ4v) is 1.12. The highest BCUT2D eigenvalue weighted by atomic mass is 16.5. The number of hydrogen-bond donors (Lipinski definition) is 1. The van der Waals surface area contributed by atoms with Gasteiger partial charge in [-0.2, -0.15) is 0 Å². The van der Waals surface area contributed by atoms with E-state index in [1.807, 2.05) is 0 Å². The molecule has 0 aliphatic carbocycles. The first-order valence-electron chi connectivity index (χ1n) is 5.21. The lowest BCUT2D eigenvalue weighted by atomic mass is 10.3. The highest BCUT2D eigenvalue weighted by molar-refractivity contribution is 5.85. The number of esters is 1. The van der Waals surface area contributed by atoms with Crippen LogP contribution in [0.5, 0.6) is 0 Å². The molecule has 0 spiro atoms. The van der Waals surface area contributed by atoms with Crippen molar-refractivity contribution in [3.63, 3.8) is 0 Å². The Labute approximate surface area is 95.7 Å². The maximum Gasteiger partial charge on any atom is 0.325 e. The topological polar surface area (TPSA) is 81.9 Å². The van der Waals surface area contributed by atoms with E-state index in [-0.39, 0.29) is 12.5 Å². The van der Waals surface area contributed by atoms with Gasteiger partial charge in [0.2, 0.25) is 5.91 Å². The minimum Gasteiger partial charge on any atom is -0.465 e. The first-order valence-corrected chi connectivity index (χ1v) is 5.21. The number of nitrogens with zero attached hydrogens (tertiary/aromatic N) is 1. The minimum absolute atomic E-state index is 0.0857. The number of nitrogens with two attached hydrogens (primary N) is 1. The van der Waals surface area contributed by atoms with Crippen LogP contribution in [0, 0.1) is 0 Å². The Bertz CT molecular complexity index is 231. The average molecular weight is 232 g/mol. The molecule has 2 N–H and O–H groups in total. The van der Waals surface area contributed by atoms with Gasteiger partial charge < -0.3 is 20.1 Å². The smallest absolute Gasteiger partial charge is 0.325 e. The molecule has 0 unspecified atom stereocenters. The van der Waals surface area contributed by atoms with Crippen LogP contribution in [-0.4, -0.2) is 56.2 Å². The fraction of sp³-hybridized carbons (Fsp3) is 0.800. The van der Waals surface area contributed by atoms with E-state index in [4.69, 9.17) is 15.2 Å². The molecule has 1 atom stereocenters. The maximum atomic E-state index is 11.6. The van der Waals surface area contributed by atoms with Gasteiger partial charge in [0.25, 0.3) is 0 Å². The van der Waals surface area contributed by atoms with Gasteiger partial charge in [0.05, 0.1) is 19.3 Å². The Balaban J connectivity index is 4.30. The largest absolute Gasteiger partial charge is 0.465 e. The standard InChI is InChI=1S/C10H20N2O4/c1-4-16-9(13)7-12(5-6-15-3)10(14)8(2)11/h8H,4-7,11H2,1-3H3/t8-/m0/s1. The normalized spacial score (nSPS) is 12.0. The summed E-state index contributed by atoms with van der Waals surface area (Å²) >= 11 is 0. The molecule has 0 bridgehead atoms. The van der Waals surface area contributed by atoms with E-state index in [0.29, 0.717) is 19.8 Å². The monoisotopic (exact) mass is 232 g/mol. The summed E-state index contributed by atoms with van der Waals surface area (Å²) in [6.45, 7) is 4.19. The number of carbonyl (C=O) groups excluding carboxylic acids is 2. The van der Waals surface area contributed by atoms with Gasteiger partial charge in [-0.1, -0.05) is 0 Å². The lowest BCUT2D eigenvalue weighted by Gasteiger charge is -2.22. The Kier molecular flexibility index (Phi) is 7.49. The summed E-state index contributed by atoms with van der Waals surface area (Å²) < 4.78 is 9.62. The number of ether oxygens (including phenoxy) is 2. The molecule has 0 saturated heterocycles. The van der Waals surface area contributed by atoms with Crippen molar-refractivity contribution in [1.82, 2.24) is 4.90 Å². The number of carbonyl (C=O) groups is 2. The summed E-state index contributed by atoms with van der Waals surface area (Å²) in [5.41, 5.74) is 5.47. The van der Waals surface area contributed by atoms with Gasteiger partial charge >= 0.3 is 5.97 Å². The van der Waals surface area contributed by atoms with Crippen molar-refractivity contribution < 1.29 is 19.1 Å². The summed E-state index contributed by atoms with van der Waals surface area (Å²) in [5.74, 6) is -0.724. The van der Waals surface area contributed by atoms with E-state index in [0.717, 1.165) is 0 Å². The number of methoxy groups -OCH3 is 1. The Morgan fingerprint density at radius 2 is 2.06 bits per heavy atom. The van der Waals surface area contributed by atoms with Crippen molar-refractivity contribution in [2.75, 3.05) is 33.4 Å². The summed E-state index contributed by atoms with van der Waals surface area (Å²) in [6, 6.07) is -0.633. The third-order valence-corrected chi connectivity index (χ3v) is 1.89. The second kappa shape index (κ2) is 8.06. The first-order chi connectivity index (χ1) is 7.52. The Morgan fingerprint density at radius 3 is 2.50 bits per heavy atom. The third-order valence-electron chi connectivity index (χ3n) is 1.89. The van der Waals surface area contributed by atoms with Crippen LogP contribution in [0.1, 0.15) is 13.8 Å². The van der Waals surface area contributed by atoms with Gasteiger partial charge in [-0.25, -0.2) is 0 Å². The molecule has 0 aromatic heterocycles. The highest BCUT2D eigenvalue weighted by Gasteiger charge is 2.20. The van der Waals surface area contributed by atoms with Crippen LogP contribution in [-0.2, 0) is 19.1 Å². The van der Waals surface area contributed by atoms with Crippen LogP contribution in [0.3, 0.4) is 0 Å². The molecular weight excluding hydrogens is 212 g/mol. The van der Waals surface area contributed by atoms with Crippen LogP contribution in [0.4, 0.5) is 0 Å². The van der Waals surface area contributed by atoms with Crippen LogP contribution in [0.15, 0.2) is 0 Å². The lowest BCUT2D eigenvalue weighted by Crippen LogP contribution is -2.46. The van der Waals surface area contributed by atoms with Crippen molar-refractivity contribution in [1.29, 1.82) is 0 Å². The molecule has 0 radical (unpaired) electrons. The molecule has 0 aliphatic rings. The van der Waals surface area contributed by atoms with Crippen molar-refractivity contribution in [2.24, 2.45) is 5.73 Å². The molecule has 0 heterocycles.